The van der Waals surface area contributed by atoms with E-state index in [1.165, 1.54) is 5.69 Å². The number of piperazine rings is 1. The van der Waals surface area contributed by atoms with Crippen LogP contribution in [-0.2, 0) is 11.3 Å². The molecule has 6 nitrogen and oxygen atoms in total. The van der Waals surface area contributed by atoms with Crippen LogP contribution in [0.25, 0.3) is 0 Å². The second-order valence-corrected chi connectivity index (χ2v) is 8.79. The van der Waals surface area contributed by atoms with E-state index >= 15 is 0 Å². The highest BCUT2D eigenvalue weighted by Gasteiger charge is 2.32. The quantitative estimate of drug-likeness (QED) is 0.611. The molecule has 0 aliphatic carbocycles. The number of benzene rings is 1. The lowest BCUT2D eigenvalue weighted by atomic mass is 10.0. The number of thiophene rings is 1. The summed E-state index contributed by atoms with van der Waals surface area (Å²) in [6, 6.07) is 15.9. The third-order valence-electron chi connectivity index (χ3n) is 5.93. The molecule has 0 bridgehead atoms. The minimum Gasteiger partial charge on any atom is -0.507 e. The smallest absolute Gasteiger partial charge is 0.259 e. The van der Waals surface area contributed by atoms with Gasteiger partial charge in [-0.15, -0.1) is 11.3 Å². The van der Waals surface area contributed by atoms with Gasteiger partial charge in [-0.05, 0) is 36.6 Å². The molecule has 1 N–H and O–H groups in total. The normalized spacial score (nSPS) is 15.9. The van der Waals surface area contributed by atoms with Gasteiger partial charge in [0, 0.05) is 56.1 Å². The van der Waals surface area contributed by atoms with Crippen molar-refractivity contribution in [3.05, 3.63) is 80.4 Å². The van der Waals surface area contributed by atoms with E-state index in [0.717, 1.165) is 36.8 Å². The monoisotopic (exact) mass is 439 g/mol. The van der Waals surface area contributed by atoms with Gasteiger partial charge in [0.25, 0.3) is 5.56 Å². The Hall–Kier alpha value is -2.61. The zero-order chi connectivity index (χ0) is 21.8. The molecule has 1 aromatic carbocycles. The maximum Gasteiger partial charge on any atom is 0.259 e. The molecule has 7 heteroatoms. The van der Waals surface area contributed by atoms with E-state index in [1.807, 2.05) is 24.4 Å². The third-order valence-corrected chi connectivity index (χ3v) is 6.85. The van der Waals surface area contributed by atoms with Gasteiger partial charge in [-0.2, -0.15) is 0 Å². The number of aromatic nitrogens is 1. The van der Waals surface area contributed by atoms with Crippen molar-refractivity contribution in [3.63, 3.8) is 0 Å². The summed E-state index contributed by atoms with van der Waals surface area (Å²) in [6.45, 7) is 6.12. The van der Waals surface area contributed by atoms with E-state index < -0.39 is 0 Å². The summed E-state index contributed by atoms with van der Waals surface area (Å²) in [5.74, 6) is 0.0695. The van der Waals surface area contributed by atoms with E-state index in [2.05, 4.69) is 40.1 Å². The van der Waals surface area contributed by atoms with Crippen LogP contribution in [0.2, 0.25) is 0 Å². The first-order valence-electron chi connectivity index (χ1n) is 10.6. The van der Waals surface area contributed by atoms with E-state index in [1.54, 1.807) is 29.1 Å². The van der Waals surface area contributed by atoms with Gasteiger partial charge in [-0.3, -0.25) is 9.69 Å². The highest BCUT2D eigenvalue weighted by atomic mass is 32.1. The highest BCUT2D eigenvalue weighted by Crippen LogP contribution is 2.35. The number of para-hydroxylation sites is 1. The van der Waals surface area contributed by atoms with E-state index in [-0.39, 0.29) is 17.4 Å². The summed E-state index contributed by atoms with van der Waals surface area (Å²) in [6.07, 6.45) is 0. The molecule has 4 rings (SSSR count). The van der Waals surface area contributed by atoms with Crippen molar-refractivity contribution in [2.75, 3.05) is 44.8 Å². The fourth-order valence-electron chi connectivity index (χ4n) is 4.31. The van der Waals surface area contributed by atoms with E-state index in [4.69, 9.17) is 4.74 Å². The summed E-state index contributed by atoms with van der Waals surface area (Å²) < 4.78 is 6.90. The van der Waals surface area contributed by atoms with E-state index in [0.29, 0.717) is 18.7 Å². The van der Waals surface area contributed by atoms with Gasteiger partial charge in [0.05, 0.1) is 18.2 Å². The fraction of sp³-hybridized carbons (Fsp3) is 0.375. The standard InChI is InChI=1S/C24H29N3O3S/c1-18-17-20(28)22(24(29)27(18)14-15-30-2)23(21-9-6-16-31-21)26-12-10-25(11-13-26)19-7-4-3-5-8-19/h3-9,16-17,23,28H,10-15H2,1-2H3. The summed E-state index contributed by atoms with van der Waals surface area (Å²) >= 11 is 1.62. The average Bonchev–Trinajstić information content (AvgIpc) is 3.31. The van der Waals surface area contributed by atoms with Gasteiger partial charge in [0.2, 0.25) is 0 Å². The maximum absolute atomic E-state index is 13.5. The SMILES string of the molecule is COCCn1c(C)cc(O)c(C(c2cccs2)N2CCN(c3ccccc3)CC2)c1=O. The first kappa shape index (κ1) is 21.6. The number of nitrogens with zero attached hydrogens (tertiary/aromatic N) is 3. The van der Waals surface area contributed by atoms with Crippen molar-refractivity contribution in [2.45, 2.75) is 19.5 Å². The van der Waals surface area contributed by atoms with Crippen LogP contribution < -0.4 is 10.5 Å². The Morgan fingerprint density at radius 1 is 1.10 bits per heavy atom. The molecule has 0 amide bonds. The lowest BCUT2D eigenvalue weighted by molar-refractivity contribution is 0.184. The zero-order valence-electron chi connectivity index (χ0n) is 18.0. The Kier molecular flexibility index (Phi) is 6.75. The van der Waals surface area contributed by atoms with Crippen LogP contribution in [0, 0.1) is 6.92 Å². The molecule has 0 spiro atoms. The molecular weight excluding hydrogens is 410 g/mol. The molecule has 1 atom stereocenters. The number of aryl methyl sites for hydroxylation is 1. The lowest BCUT2D eigenvalue weighted by Crippen LogP contribution is -2.49. The molecule has 1 unspecified atom stereocenters. The highest BCUT2D eigenvalue weighted by molar-refractivity contribution is 7.10. The second-order valence-electron chi connectivity index (χ2n) is 7.81. The molecule has 31 heavy (non-hydrogen) atoms. The van der Waals surface area contributed by atoms with E-state index in [9.17, 15) is 9.90 Å². The molecule has 1 saturated heterocycles. The predicted octanol–water partition coefficient (Wildman–Crippen LogP) is 3.48. The van der Waals surface area contributed by atoms with Crippen LogP contribution in [0.15, 0.2) is 58.7 Å². The topological polar surface area (TPSA) is 57.9 Å². The number of hydrogen-bond donors (Lipinski definition) is 1. The molecule has 1 fully saturated rings. The number of ether oxygens (including phenoxy) is 1. The largest absolute Gasteiger partial charge is 0.507 e. The molecule has 164 valence electrons. The van der Waals surface area contributed by atoms with Crippen LogP contribution in [0.5, 0.6) is 5.75 Å². The minimum atomic E-state index is -0.264. The Morgan fingerprint density at radius 2 is 1.84 bits per heavy atom. The Labute approximate surface area is 186 Å². The molecular formula is C24H29N3O3S. The van der Waals surface area contributed by atoms with Gasteiger partial charge < -0.3 is 19.3 Å². The summed E-state index contributed by atoms with van der Waals surface area (Å²) in [5.41, 5.74) is 2.27. The summed E-state index contributed by atoms with van der Waals surface area (Å²) in [4.78, 5) is 19.3. The number of rotatable bonds is 7. The zero-order valence-corrected chi connectivity index (χ0v) is 18.8. The molecule has 3 aromatic rings. The van der Waals surface area contributed by atoms with Crippen molar-refractivity contribution in [1.82, 2.24) is 9.47 Å². The molecule has 0 saturated carbocycles. The third kappa shape index (κ3) is 4.54. The molecule has 3 heterocycles. The van der Waals surface area contributed by atoms with Crippen LogP contribution in [0.4, 0.5) is 5.69 Å². The van der Waals surface area contributed by atoms with Gasteiger partial charge in [-0.25, -0.2) is 0 Å². The predicted molar refractivity (Wildman–Crippen MR) is 125 cm³/mol. The first-order valence-corrected chi connectivity index (χ1v) is 11.5. The summed E-state index contributed by atoms with van der Waals surface area (Å²) in [7, 11) is 1.63. The Morgan fingerprint density at radius 3 is 2.48 bits per heavy atom. The second kappa shape index (κ2) is 9.68. The van der Waals surface area contributed by atoms with Gasteiger partial charge >= 0.3 is 0 Å². The van der Waals surface area contributed by atoms with Crippen molar-refractivity contribution in [2.24, 2.45) is 0 Å². The number of methoxy groups -OCH3 is 1. The number of aromatic hydroxyl groups is 1. The first-order chi connectivity index (χ1) is 15.1. The van der Waals surface area contributed by atoms with Crippen LogP contribution >= 0.6 is 11.3 Å². The molecule has 1 aliphatic heterocycles. The maximum atomic E-state index is 13.5. The van der Waals surface area contributed by atoms with Crippen molar-refractivity contribution < 1.29 is 9.84 Å². The number of hydrogen-bond acceptors (Lipinski definition) is 6. The van der Waals surface area contributed by atoms with Crippen LogP contribution in [0.3, 0.4) is 0 Å². The lowest BCUT2D eigenvalue weighted by Gasteiger charge is -2.40. The minimum absolute atomic E-state index is 0.0695. The molecule has 0 radical (unpaired) electrons. The Balaban J connectivity index is 1.67. The van der Waals surface area contributed by atoms with Crippen LogP contribution in [-0.4, -0.2) is 54.5 Å². The fourth-order valence-corrected chi connectivity index (χ4v) is 5.18. The van der Waals surface area contributed by atoms with Crippen molar-refractivity contribution in [3.8, 4) is 5.75 Å². The number of anilines is 1. The van der Waals surface area contributed by atoms with Gasteiger partial charge in [0.1, 0.15) is 5.75 Å². The Bertz CT molecular complexity index is 1040. The van der Waals surface area contributed by atoms with Gasteiger partial charge in [-0.1, -0.05) is 24.3 Å². The average molecular weight is 440 g/mol. The van der Waals surface area contributed by atoms with Crippen LogP contribution in [0.1, 0.15) is 22.2 Å². The number of pyridine rings is 1. The van der Waals surface area contributed by atoms with Gasteiger partial charge in [0.15, 0.2) is 0 Å². The van der Waals surface area contributed by atoms with Crippen molar-refractivity contribution in [1.29, 1.82) is 0 Å². The van der Waals surface area contributed by atoms with Crippen molar-refractivity contribution >= 4 is 17.0 Å². The molecule has 1 aliphatic rings. The molecule has 2 aromatic heterocycles. The summed E-state index contributed by atoms with van der Waals surface area (Å²) in [5, 5.41) is 12.9.